The maximum atomic E-state index is 2.75. The van der Waals surface area contributed by atoms with Crippen molar-refractivity contribution in [1.82, 2.24) is 9.80 Å². The molecule has 1 aliphatic carbocycles. The Balaban J connectivity index is 1.38. The Morgan fingerprint density at radius 1 is 0.947 bits per heavy atom. The van der Waals surface area contributed by atoms with Gasteiger partial charge in [-0.15, -0.1) is 0 Å². The van der Waals surface area contributed by atoms with Gasteiger partial charge in [0.05, 0.1) is 0 Å². The van der Waals surface area contributed by atoms with Crippen LogP contribution in [0.3, 0.4) is 0 Å². The summed E-state index contributed by atoms with van der Waals surface area (Å²) in [7, 11) is 0. The summed E-state index contributed by atoms with van der Waals surface area (Å²) >= 11 is 0. The predicted octanol–water partition coefficient (Wildman–Crippen LogP) is 3.23. The average molecular weight is 264 g/mol. The minimum Gasteiger partial charge on any atom is -0.304 e. The third kappa shape index (κ3) is 3.16. The topological polar surface area (TPSA) is 6.48 Å². The van der Waals surface area contributed by atoms with Crippen LogP contribution in [0.4, 0.5) is 0 Å². The van der Waals surface area contributed by atoms with Crippen LogP contribution in [-0.2, 0) is 0 Å². The second kappa shape index (κ2) is 5.73. The first-order valence-electron chi connectivity index (χ1n) is 8.64. The lowest BCUT2D eigenvalue weighted by Gasteiger charge is -2.53. The third-order valence-electron chi connectivity index (χ3n) is 6.20. The fourth-order valence-electron chi connectivity index (χ4n) is 4.66. The van der Waals surface area contributed by atoms with E-state index in [1.165, 1.54) is 77.8 Å². The van der Waals surface area contributed by atoms with E-state index in [9.17, 15) is 0 Å². The molecule has 2 heterocycles. The van der Waals surface area contributed by atoms with Gasteiger partial charge in [-0.3, -0.25) is 0 Å². The Bertz CT molecular complexity index is 278. The highest BCUT2D eigenvalue weighted by atomic mass is 15.1. The van der Waals surface area contributed by atoms with Crippen LogP contribution in [0.2, 0.25) is 0 Å². The van der Waals surface area contributed by atoms with E-state index in [0.717, 1.165) is 17.3 Å². The number of nitrogens with zero attached hydrogens (tertiary/aromatic N) is 2. The molecular formula is C17H32N2. The summed E-state index contributed by atoms with van der Waals surface area (Å²) in [4.78, 5) is 5.38. The Morgan fingerprint density at radius 3 is 2.16 bits per heavy atom. The molecule has 0 radical (unpaired) electrons. The van der Waals surface area contributed by atoms with Gasteiger partial charge in [0, 0.05) is 6.54 Å². The van der Waals surface area contributed by atoms with Crippen LogP contribution in [0.1, 0.15) is 52.4 Å². The second-order valence-electron chi connectivity index (χ2n) is 7.69. The van der Waals surface area contributed by atoms with Crippen molar-refractivity contribution in [2.45, 2.75) is 52.4 Å². The molecule has 19 heavy (non-hydrogen) atoms. The fourth-order valence-corrected chi connectivity index (χ4v) is 4.66. The monoisotopic (exact) mass is 264 g/mol. The van der Waals surface area contributed by atoms with Gasteiger partial charge in [-0.2, -0.15) is 0 Å². The van der Waals surface area contributed by atoms with Gasteiger partial charge in [-0.05, 0) is 88.5 Å². The zero-order valence-corrected chi connectivity index (χ0v) is 13.0. The van der Waals surface area contributed by atoms with E-state index in [4.69, 9.17) is 0 Å². The summed E-state index contributed by atoms with van der Waals surface area (Å²) in [5.74, 6) is 2.00. The van der Waals surface area contributed by atoms with E-state index in [1.807, 2.05) is 0 Å². The SMILES string of the molecule is CCN1CCC2(CC1)CC(CN1CCC(C)CC1)C2. The summed E-state index contributed by atoms with van der Waals surface area (Å²) in [6.45, 7) is 12.9. The van der Waals surface area contributed by atoms with E-state index in [2.05, 4.69) is 23.6 Å². The van der Waals surface area contributed by atoms with Crippen molar-refractivity contribution in [3.63, 3.8) is 0 Å². The second-order valence-corrected chi connectivity index (χ2v) is 7.69. The Labute approximate surface area is 119 Å². The molecule has 1 spiro atoms. The molecule has 0 bridgehead atoms. The first-order chi connectivity index (χ1) is 9.19. The molecule has 0 amide bonds. The maximum absolute atomic E-state index is 2.75. The highest BCUT2D eigenvalue weighted by molar-refractivity contribution is 4.97. The first-order valence-corrected chi connectivity index (χ1v) is 8.64. The largest absolute Gasteiger partial charge is 0.304 e. The summed E-state index contributed by atoms with van der Waals surface area (Å²) in [5, 5.41) is 0. The molecule has 3 fully saturated rings. The van der Waals surface area contributed by atoms with Crippen LogP contribution < -0.4 is 0 Å². The minimum atomic E-state index is 0.777. The summed E-state index contributed by atoms with van der Waals surface area (Å²) in [6, 6.07) is 0. The van der Waals surface area contributed by atoms with Crippen molar-refractivity contribution >= 4 is 0 Å². The predicted molar refractivity (Wildman–Crippen MR) is 81.3 cm³/mol. The summed E-state index contributed by atoms with van der Waals surface area (Å²) < 4.78 is 0. The van der Waals surface area contributed by atoms with E-state index in [0.29, 0.717) is 0 Å². The van der Waals surface area contributed by atoms with E-state index in [1.54, 1.807) is 0 Å². The van der Waals surface area contributed by atoms with Gasteiger partial charge < -0.3 is 9.80 Å². The highest BCUT2D eigenvalue weighted by Gasteiger charge is 2.45. The lowest BCUT2D eigenvalue weighted by atomic mass is 9.57. The molecule has 2 aliphatic heterocycles. The molecule has 3 aliphatic rings. The van der Waals surface area contributed by atoms with E-state index in [-0.39, 0.29) is 0 Å². The Morgan fingerprint density at radius 2 is 1.58 bits per heavy atom. The molecule has 2 heteroatoms. The lowest BCUT2D eigenvalue weighted by Crippen LogP contribution is -2.50. The molecule has 110 valence electrons. The number of rotatable bonds is 3. The quantitative estimate of drug-likeness (QED) is 0.772. The molecule has 0 aromatic heterocycles. The van der Waals surface area contributed by atoms with Crippen LogP contribution in [0.15, 0.2) is 0 Å². The molecule has 0 unspecified atom stereocenters. The lowest BCUT2D eigenvalue weighted by molar-refractivity contribution is -0.0277. The molecule has 0 aromatic rings. The first kappa shape index (κ1) is 13.9. The van der Waals surface area contributed by atoms with Crippen molar-refractivity contribution in [1.29, 1.82) is 0 Å². The number of piperidine rings is 2. The zero-order valence-electron chi connectivity index (χ0n) is 13.0. The van der Waals surface area contributed by atoms with Crippen LogP contribution >= 0.6 is 0 Å². The number of hydrogen-bond donors (Lipinski definition) is 0. The van der Waals surface area contributed by atoms with Gasteiger partial charge in [0.15, 0.2) is 0 Å². The van der Waals surface area contributed by atoms with Crippen molar-refractivity contribution in [3.8, 4) is 0 Å². The Hall–Kier alpha value is -0.0800. The van der Waals surface area contributed by atoms with Gasteiger partial charge in [0.25, 0.3) is 0 Å². The summed E-state index contributed by atoms with van der Waals surface area (Å²) in [6.07, 6.45) is 8.91. The van der Waals surface area contributed by atoms with Gasteiger partial charge in [0.1, 0.15) is 0 Å². The minimum absolute atomic E-state index is 0.777. The standard InChI is InChI=1S/C17H32N2/c1-3-18-10-6-17(7-11-18)12-16(13-17)14-19-8-4-15(2)5-9-19/h15-16H,3-14H2,1-2H3. The number of likely N-dealkylation sites (tertiary alicyclic amines) is 2. The van der Waals surface area contributed by atoms with Crippen LogP contribution in [0.25, 0.3) is 0 Å². The van der Waals surface area contributed by atoms with E-state index < -0.39 is 0 Å². The molecule has 2 saturated heterocycles. The van der Waals surface area contributed by atoms with Gasteiger partial charge in [-0.1, -0.05) is 13.8 Å². The molecule has 0 N–H and O–H groups in total. The van der Waals surface area contributed by atoms with Crippen LogP contribution in [0.5, 0.6) is 0 Å². The van der Waals surface area contributed by atoms with Gasteiger partial charge in [-0.25, -0.2) is 0 Å². The smallest absolute Gasteiger partial charge is 0.00101 e. The Kier molecular flexibility index (Phi) is 4.19. The third-order valence-corrected chi connectivity index (χ3v) is 6.20. The van der Waals surface area contributed by atoms with Crippen molar-refractivity contribution < 1.29 is 0 Å². The molecule has 1 saturated carbocycles. The van der Waals surface area contributed by atoms with Gasteiger partial charge >= 0.3 is 0 Å². The highest BCUT2D eigenvalue weighted by Crippen LogP contribution is 2.52. The summed E-state index contributed by atoms with van der Waals surface area (Å²) in [5.41, 5.74) is 0.777. The van der Waals surface area contributed by atoms with Crippen LogP contribution in [0, 0.1) is 17.3 Å². The van der Waals surface area contributed by atoms with Crippen molar-refractivity contribution in [2.24, 2.45) is 17.3 Å². The number of hydrogen-bond acceptors (Lipinski definition) is 2. The van der Waals surface area contributed by atoms with Gasteiger partial charge in [0.2, 0.25) is 0 Å². The molecule has 2 nitrogen and oxygen atoms in total. The molecule has 3 rings (SSSR count). The molecule has 0 atom stereocenters. The fraction of sp³-hybridized carbons (Fsp3) is 1.00. The van der Waals surface area contributed by atoms with Crippen LogP contribution in [-0.4, -0.2) is 49.1 Å². The van der Waals surface area contributed by atoms with E-state index >= 15 is 0 Å². The average Bonchev–Trinajstić information content (AvgIpc) is 2.40. The van der Waals surface area contributed by atoms with Crippen molar-refractivity contribution in [2.75, 3.05) is 39.3 Å². The molecule has 0 aromatic carbocycles. The molecular weight excluding hydrogens is 232 g/mol. The maximum Gasteiger partial charge on any atom is 0.00101 e. The van der Waals surface area contributed by atoms with Crippen molar-refractivity contribution in [3.05, 3.63) is 0 Å². The zero-order chi connectivity index (χ0) is 13.3. The normalized spacial score (nSPS) is 30.6.